The molecule has 1 unspecified atom stereocenters. The van der Waals surface area contributed by atoms with Crippen LogP contribution in [-0.4, -0.2) is 23.2 Å². The number of aliphatic hydroxyl groups is 1. The highest BCUT2D eigenvalue weighted by atomic mass is 16.3. The topological polar surface area (TPSA) is 48.0 Å². The third-order valence-corrected chi connectivity index (χ3v) is 2.98. The Hall–Kier alpha value is -0.800. The van der Waals surface area contributed by atoms with Gasteiger partial charge in [0.15, 0.2) is 0 Å². The van der Waals surface area contributed by atoms with Gasteiger partial charge in [-0.15, -0.1) is 0 Å². The minimum atomic E-state index is -0.684. The van der Waals surface area contributed by atoms with Crippen LogP contribution in [0.25, 0.3) is 0 Å². The summed E-state index contributed by atoms with van der Waals surface area (Å²) in [4.78, 5) is 3.26. The summed E-state index contributed by atoms with van der Waals surface area (Å²) in [6, 6.07) is 2.09. The first-order chi connectivity index (χ1) is 6.62. The number of H-pyrrole nitrogens is 1. The van der Waals surface area contributed by atoms with E-state index in [-0.39, 0.29) is 0 Å². The molecule has 78 valence electrons. The van der Waals surface area contributed by atoms with Crippen LogP contribution in [0.4, 0.5) is 0 Å². The van der Waals surface area contributed by atoms with Crippen molar-refractivity contribution in [1.82, 2.24) is 10.3 Å². The molecule has 0 aromatic carbocycles. The first kappa shape index (κ1) is 9.74. The Labute approximate surface area is 84.5 Å². The smallest absolute Gasteiger partial charge is 0.117 e. The molecule has 1 atom stereocenters. The maximum Gasteiger partial charge on any atom is 0.117 e. The molecule has 0 aliphatic carbocycles. The first-order valence-electron chi connectivity index (χ1n) is 5.22. The van der Waals surface area contributed by atoms with Crippen LogP contribution in [0.3, 0.4) is 0 Å². The molecule has 1 saturated heterocycles. The molecule has 0 amide bonds. The standard InChI is InChI=1S/C11H18N2O/c1-8-6-9(2)13-10(8)11(14)4-3-5-12-7-11/h6,12-14H,3-5,7H2,1-2H3. The Morgan fingerprint density at radius 3 is 2.71 bits per heavy atom. The third-order valence-electron chi connectivity index (χ3n) is 2.98. The van der Waals surface area contributed by atoms with Crippen LogP contribution in [0.1, 0.15) is 29.8 Å². The molecule has 1 fully saturated rings. The van der Waals surface area contributed by atoms with Crippen molar-refractivity contribution in [2.45, 2.75) is 32.3 Å². The van der Waals surface area contributed by atoms with Gasteiger partial charge < -0.3 is 15.4 Å². The quantitative estimate of drug-likeness (QED) is 0.629. The summed E-state index contributed by atoms with van der Waals surface area (Å²) in [7, 11) is 0. The summed E-state index contributed by atoms with van der Waals surface area (Å²) < 4.78 is 0. The van der Waals surface area contributed by atoms with Crippen LogP contribution in [0, 0.1) is 13.8 Å². The number of aryl methyl sites for hydroxylation is 2. The van der Waals surface area contributed by atoms with Crippen LogP contribution < -0.4 is 5.32 Å². The second-order valence-electron chi connectivity index (χ2n) is 4.32. The molecule has 2 heterocycles. The van der Waals surface area contributed by atoms with Gasteiger partial charge in [-0.25, -0.2) is 0 Å². The van der Waals surface area contributed by atoms with E-state index in [2.05, 4.69) is 16.4 Å². The molecule has 1 aliphatic heterocycles. The molecule has 1 aliphatic rings. The van der Waals surface area contributed by atoms with Crippen LogP contribution in [0.5, 0.6) is 0 Å². The van der Waals surface area contributed by atoms with Crippen molar-refractivity contribution in [2.24, 2.45) is 0 Å². The molecular formula is C11H18N2O. The molecule has 14 heavy (non-hydrogen) atoms. The van der Waals surface area contributed by atoms with E-state index in [1.165, 1.54) is 0 Å². The number of hydrogen-bond donors (Lipinski definition) is 3. The number of rotatable bonds is 1. The van der Waals surface area contributed by atoms with E-state index in [0.29, 0.717) is 6.54 Å². The minimum absolute atomic E-state index is 0.661. The highest BCUT2D eigenvalue weighted by molar-refractivity contribution is 5.29. The van der Waals surface area contributed by atoms with Crippen molar-refractivity contribution in [3.8, 4) is 0 Å². The van der Waals surface area contributed by atoms with Gasteiger partial charge in [0.05, 0.1) is 5.69 Å². The molecular weight excluding hydrogens is 176 g/mol. The van der Waals surface area contributed by atoms with Gasteiger partial charge in [0, 0.05) is 12.2 Å². The number of nitrogens with one attached hydrogen (secondary N) is 2. The Bertz CT molecular complexity index is 324. The predicted octanol–water partition coefficient (Wildman–Crippen LogP) is 1.20. The highest BCUT2D eigenvalue weighted by Crippen LogP contribution is 2.30. The second kappa shape index (κ2) is 3.41. The number of aromatic nitrogens is 1. The number of hydrogen-bond acceptors (Lipinski definition) is 2. The summed E-state index contributed by atoms with van der Waals surface area (Å²) in [5, 5.41) is 13.7. The summed E-state index contributed by atoms with van der Waals surface area (Å²) >= 11 is 0. The lowest BCUT2D eigenvalue weighted by Crippen LogP contribution is -2.43. The van der Waals surface area contributed by atoms with Crippen LogP contribution >= 0.6 is 0 Å². The van der Waals surface area contributed by atoms with E-state index >= 15 is 0 Å². The molecule has 2 rings (SSSR count). The molecule has 0 spiro atoms. The number of aromatic amines is 1. The maximum atomic E-state index is 10.4. The Balaban J connectivity index is 2.32. The average molecular weight is 194 g/mol. The second-order valence-corrected chi connectivity index (χ2v) is 4.32. The highest BCUT2D eigenvalue weighted by Gasteiger charge is 2.33. The summed E-state index contributed by atoms with van der Waals surface area (Å²) in [6.07, 6.45) is 1.88. The van der Waals surface area contributed by atoms with Gasteiger partial charge in [0.1, 0.15) is 5.60 Å². The van der Waals surface area contributed by atoms with Crippen molar-refractivity contribution >= 4 is 0 Å². The lowest BCUT2D eigenvalue weighted by atomic mass is 9.89. The molecule has 0 radical (unpaired) electrons. The molecule has 3 N–H and O–H groups in total. The number of piperidine rings is 1. The normalized spacial score (nSPS) is 27.9. The van der Waals surface area contributed by atoms with Crippen molar-refractivity contribution in [3.63, 3.8) is 0 Å². The van der Waals surface area contributed by atoms with Gasteiger partial charge in [-0.2, -0.15) is 0 Å². The van der Waals surface area contributed by atoms with E-state index in [1.807, 2.05) is 13.8 Å². The zero-order valence-corrected chi connectivity index (χ0v) is 8.85. The fraction of sp³-hybridized carbons (Fsp3) is 0.636. The zero-order valence-electron chi connectivity index (χ0n) is 8.85. The van der Waals surface area contributed by atoms with Gasteiger partial charge in [0.25, 0.3) is 0 Å². The molecule has 3 heteroatoms. The lowest BCUT2D eigenvalue weighted by Gasteiger charge is -2.32. The van der Waals surface area contributed by atoms with E-state index < -0.39 is 5.60 Å². The fourth-order valence-electron chi connectivity index (χ4n) is 2.31. The largest absolute Gasteiger partial charge is 0.382 e. The fourth-order valence-corrected chi connectivity index (χ4v) is 2.31. The van der Waals surface area contributed by atoms with Gasteiger partial charge in [-0.05, 0) is 44.9 Å². The molecule has 0 saturated carbocycles. The average Bonchev–Trinajstić information content (AvgIpc) is 2.47. The van der Waals surface area contributed by atoms with E-state index in [9.17, 15) is 5.11 Å². The van der Waals surface area contributed by atoms with Crippen molar-refractivity contribution in [2.75, 3.05) is 13.1 Å². The third kappa shape index (κ3) is 1.57. The van der Waals surface area contributed by atoms with E-state index in [0.717, 1.165) is 36.3 Å². The molecule has 1 aromatic rings. The predicted molar refractivity (Wildman–Crippen MR) is 56.3 cm³/mol. The Morgan fingerprint density at radius 2 is 2.21 bits per heavy atom. The number of β-amino-alcohol motifs (C(OH)–C–C–N with tert-alkyl or cyclic N) is 1. The van der Waals surface area contributed by atoms with Gasteiger partial charge >= 0.3 is 0 Å². The summed E-state index contributed by atoms with van der Waals surface area (Å²) in [5.74, 6) is 0. The molecule has 3 nitrogen and oxygen atoms in total. The van der Waals surface area contributed by atoms with Crippen molar-refractivity contribution in [1.29, 1.82) is 0 Å². The molecule has 0 bridgehead atoms. The van der Waals surface area contributed by atoms with Gasteiger partial charge in [-0.1, -0.05) is 0 Å². The first-order valence-corrected chi connectivity index (χ1v) is 5.22. The van der Waals surface area contributed by atoms with Crippen molar-refractivity contribution < 1.29 is 5.11 Å². The van der Waals surface area contributed by atoms with E-state index in [1.54, 1.807) is 0 Å². The molecule has 1 aromatic heterocycles. The monoisotopic (exact) mass is 194 g/mol. The lowest BCUT2D eigenvalue weighted by molar-refractivity contribution is 0.00807. The van der Waals surface area contributed by atoms with Crippen LogP contribution in [0.2, 0.25) is 0 Å². The zero-order chi connectivity index (χ0) is 10.2. The Kier molecular flexibility index (Phi) is 2.37. The van der Waals surface area contributed by atoms with Crippen molar-refractivity contribution in [3.05, 3.63) is 23.0 Å². The van der Waals surface area contributed by atoms with Crippen LogP contribution in [0.15, 0.2) is 6.07 Å². The minimum Gasteiger partial charge on any atom is -0.382 e. The van der Waals surface area contributed by atoms with E-state index in [4.69, 9.17) is 0 Å². The van der Waals surface area contributed by atoms with Gasteiger partial charge in [0.2, 0.25) is 0 Å². The van der Waals surface area contributed by atoms with Gasteiger partial charge in [-0.3, -0.25) is 0 Å². The summed E-state index contributed by atoms with van der Waals surface area (Å²) in [5.41, 5.74) is 2.59. The van der Waals surface area contributed by atoms with Crippen LogP contribution in [-0.2, 0) is 5.60 Å². The summed E-state index contributed by atoms with van der Waals surface area (Å²) in [6.45, 7) is 5.75. The SMILES string of the molecule is Cc1cc(C)c(C2(O)CCCNC2)[nH]1. The Morgan fingerprint density at radius 1 is 1.43 bits per heavy atom. The maximum absolute atomic E-state index is 10.4.